The zero-order chi connectivity index (χ0) is 13.5. The van der Waals surface area contributed by atoms with Crippen molar-refractivity contribution in [3.05, 3.63) is 35.6 Å². The van der Waals surface area contributed by atoms with Crippen molar-refractivity contribution in [2.45, 2.75) is 32.6 Å². The van der Waals surface area contributed by atoms with Gasteiger partial charge in [-0.15, -0.1) is 0 Å². The molecule has 2 aromatic rings. The molecule has 1 heterocycles. The Morgan fingerprint density at radius 3 is 2.79 bits per heavy atom. The maximum atomic E-state index is 12.3. The molecule has 0 atom stereocenters. The third-order valence-corrected chi connectivity index (χ3v) is 4.33. The van der Waals surface area contributed by atoms with Gasteiger partial charge in [0.15, 0.2) is 11.5 Å². The second-order valence-electron chi connectivity index (χ2n) is 5.81. The number of carbonyl (C=O) groups excluding carboxylic acids is 1. The first-order valence-corrected chi connectivity index (χ1v) is 6.85. The molecule has 1 aliphatic carbocycles. The van der Waals surface area contributed by atoms with Gasteiger partial charge >= 0.3 is 0 Å². The minimum Gasteiger partial charge on any atom is -0.453 e. The first kappa shape index (κ1) is 12.4. The Balaban J connectivity index is 1.85. The van der Waals surface area contributed by atoms with E-state index >= 15 is 0 Å². The van der Waals surface area contributed by atoms with E-state index in [1.165, 1.54) is 12.0 Å². The summed E-state index contributed by atoms with van der Waals surface area (Å²) in [6, 6.07) is 7.81. The van der Waals surface area contributed by atoms with Crippen LogP contribution in [0, 0.1) is 12.3 Å². The normalized spacial score (nSPS) is 17.4. The highest BCUT2D eigenvalue weighted by molar-refractivity contribution is 5.98. The third kappa shape index (κ3) is 2.19. The van der Waals surface area contributed by atoms with Crippen LogP contribution in [0.2, 0.25) is 0 Å². The molecule has 0 unspecified atom stereocenters. The van der Waals surface area contributed by atoms with Crippen molar-refractivity contribution >= 4 is 16.8 Å². The molecule has 1 aromatic heterocycles. The number of fused-ring (bicyclic) bond motifs is 1. The topological polar surface area (TPSA) is 56.2 Å². The lowest BCUT2D eigenvalue weighted by Gasteiger charge is -2.40. The van der Waals surface area contributed by atoms with Crippen LogP contribution in [0.15, 0.2) is 28.7 Å². The fourth-order valence-electron chi connectivity index (χ4n) is 2.86. The van der Waals surface area contributed by atoms with Crippen LogP contribution in [0.5, 0.6) is 0 Å². The Morgan fingerprint density at radius 2 is 2.16 bits per heavy atom. The van der Waals surface area contributed by atoms with Gasteiger partial charge in [-0.1, -0.05) is 18.1 Å². The molecule has 3 nitrogen and oxygen atoms in total. The van der Waals surface area contributed by atoms with Crippen LogP contribution >= 0.6 is 0 Å². The fraction of sp³-hybridized carbons (Fsp3) is 0.438. The van der Waals surface area contributed by atoms with Crippen LogP contribution in [0.25, 0.3) is 11.0 Å². The predicted octanol–water partition coefficient (Wildman–Crippen LogP) is 3.44. The molecular formula is C16H19NO2. The summed E-state index contributed by atoms with van der Waals surface area (Å²) in [5, 5.41) is 0.999. The average molecular weight is 257 g/mol. The molecule has 0 aliphatic heterocycles. The molecule has 1 fully saturated rings. The van der Waals surface area contributed by atoms with Crippen molar-refractivity contribution in [2.24, 2.45) is 11.1 Å². The maximum absolute atomic E-state index is 12.3. The fourth-order valence-corrected chi connectivity index (χ4v) is 2.86. The monoisotopic (exact) mass is 257 g/mol. The molecule has 1 aliphatic rings. The van der Waals surface area contributed by atoms with E-state index in [4.69, 9.17) is 10.2 Å². The third-order valence-electron chi connectivity index (χ3n) is 4.33. The summed E-state index contributed by atoms with van der Waals surface area (Å²) in [5.41, 5.74) is 7.79. The Labute approximate surface area is 112 Å². The van der Waals surface area contributed by atoms with Crippen molar-refractivity contribution in [1.29, 1.82) is 0 Å². The molecule has 0 amide bonds. The number of ketones is 1. The highest BCUT2D eigenvalue weighted by Gasteiger charge is 2.38. The smallest absolute Gasteiger partial charge is 0.198 e. The van der Waals surface area contributed by atoms with Crippen molar-refractivity contribution in [3.63, 3.8) is 0 Å². The number of carbonyl (C=O) groups is 1. The van der Waals surface area contributed by atoms with Crippen LogP contribution in [0.3, 0.4) is 0 Å². The molecule has 100 valence electrons. The summed E-state index contributed by atoms with van der Waals surface area (Å²) in [5.74, 6) is 0.555. The van der Waals surface area contributed by atoms with E-state index < -0.39 is 0 Å². The number of Topliss-reactive ketones (excluding diaryl/α,β-unsaturated/α-hetero) is 1. The van der Waals surface area contributed by atoms with Gasteiger partial charge in [0.1, 0.15) is 5.58 Å². The number of benzene rings is 1. The van der Waals surface area contributed by atoms with E-state index in [1.807, 2.05) is 31.2 Å². The summed E-state index contributed by atoms with van der Waals surface area (Å²) in [6.45, 7) is 2.63. The van der Waals surface area contributed by atoms with Gasteiger partial charge in [0.25, 0.3) is 0 Å². The Kier molecular flexibility index (Phi) is 2.94. The largest absolute Gasteiger partial charge is 0.453 e. The Morgan fingerprint density at radius 1 is 1.37 bits per heavy atom. The predicted molar refractivity (Wildman–Crippen MR) is 75.2 cm³/mol. The van der Waals surface area contributed by atoms with Crippen molar-refractivity contribution in [1.82, 2.24) is 0 Å². The van der Waals surface area contributed by atoms with Gasteiger partial charge in [-0.3, -0.25) is 4.79 Å². The van der Waals surface area contributed by atoms with E-state index in [0.29, 0.717) is 18.7 Å². The second kappa shape index (κ2) is 4.49. The van der Waals surface area contributed by atoms with Gasteiger partial charge in [-0.2, -0.15) is 0 Å². The first-order valence-electron chi connectivity index (χ1n) is 6.85. The second-order valence-corrected chi connectivity index (χ2v) is 5.81. The molecule has 3 heteroatoms. The molecule has 0 saturated heterocycles. The van der Waals surface area contributed by atoms with Gasteiger partial charge in [0, 0.05) is 11.8 Å². The maximum Gasteiger partial charge on any atom is 0.198 e. The standard InChI is InChI=1S/C16H19NO2/c1-11-3-4-14-12(7-11)8-15(19-14)13(18)9-16(10-17)5-2-6-16/h3-4,7-8H,2,5-6,9-10,17H2,1H3. The Hall–Kier alpha value is -1.61. The van der Waals surface area contributed by atoms with Gasteiger partial charge in [0.2, 0.25) is 0 Å². The van der Waals surface area contributed by atoms with Crippen LogP contribution in [0.1, 0.15) is 41.8 Å². The SMILES string of the molecule is Cc1ccc2oc(C(=O)CC3(CN)CCC3)cc2c1. The van der Waals surface area contributed by atoms with Crippen LogP contribution in [0.4, 0.5) is 0 Å². The minimum atomic E-state index is 0.0337. The lowest BCUT2D eigenvalue weighted by atomic mass is 9.66. The van der Waals surface area contributed by atoms with Crippen LogP contribution < -0.4 is 5.73 Å². The molecule has 0 bridgehead atoms. The zero-order valence-corrected chi connectivity index (χ0v) is 11.2. The summed E-state index contributed by atoms with van der Waals surface area (Å²) in [4.78, 5) is 12.3. The molecular weight excluding hydrogens is 238 g/mol. The number of rotatable bonds is 4. The van der Waals surface area contributed by atoms with Gasteiger partial charge in [-0.25, -0.2) is 0 Å². The van der Waals surface area contributed by atoms with E-state index in [2.05, 4.69) is 0 Å². The molecule has 1 saturated carbocycles. The Bertz CT molecular complexity index is 617. The van der Waals surface area contributed by atoms with Crippen molar-refractivity contribution in [2.75, 3.05) is 6.54 Å². The van der Waals surface area contributed by atoms with E-state index in [-0.39, 0.29) is 11.2 Å². The number of nitrogens with two attached hydrogens (primary N) is 1. The van der Waals surface area contributed by atoms with Crippen LogP contribution in [-0.4, -0.2) is 12.3 Å². The number of hydrogen-bond acceptors (Lipinski definition) is 3. The average Bonchev–Trinajstić information content (AvgIpc) is 2.76. The molecule has 3 rings (SSSR count). The van der Waals surface area contributed by atoms with E-state index in [9.17, 15) is 4.79 Å². The number of hydrogen-bond donors (Lipinski definition) is 1. The summed E-state index contributed by atoms with van der Waals surface area (Å²) < 4.78 is 5.65. The molecule has 0 radical (unpaired) electrons. The molecule has 0 spiro atoms. The van der Waals surface area contributed by atoms with Gasteiger partial charge in [-0.05, 0) is 49.9 Å². The van der Waals surface area contributed by atoms with Crippen LogP contribution in [-0.2, 0) is 0 Å². The van der Waals surface area contributed by atoms with E-state index in [1.54, 1.807) is 0 Å². The highest BCUT2D eigenvalue weighted by atomic mass is 16.3. The number of aryl methyl sites for hydroxylation is 1. The van der Waals surface area contributed by atoms with Crippen molar-refractivity contribution in [3.8, 4) is 0 Å². The van der Waals surface area contributed by atoms with E-state index in [0.717, 1.165) is 23.8 Å². The van der Waals surface area contributed by atoms with Crippen molar-refractivity contribution < 1.29 is 9.21 Å². The summed E-state index contributed by atoms with van der Waals surface area (Å²) in [7, 11) is 0. The lowest BCUT2D eigenvalue weighted by molar-refractivity contribution is 0.0762. The molecule has 2 N–H and O–H groups in total. The number of furan rings is 1. The minimum absolute atomic E-state index is 0.0337. The first-order chi connectivity index (χ1) is 9.12. The zero-order valence-electron chi connectivity index (χ0n) is 11.2. The molecule has 1 aromatic carbocycles. The highest BCUT2D eigenvalue weighted by Crippen LogP contribution is 2.43. The summed E-state index contributed by atoms with van der Waals surface area (Å²) in [6.07, 6.45) is 3.83. The van der Waals surface area contributed by atoms with Gasteiger partial charge < -0.3 is 10.2 Å². The lowest BCUT2D eigenvalue weighted by Crippen LogP contribution is -2.39. The molecule has 19 heavy (non-hydrogen) atoms. The quantitative estimate of drug-likeness (QED) is 0.853. The van der Waals surface area contributed by atoms with Gasteiger partial charge in [0.05, 0.1) is 0 Å². The summed E-state index contributed by atoms with van der Waals surface area (Å²) >= 11 is 0.